The van der Waals surface area contributed by atoms with Gasteiger partial charge < -0.3 is 9.47 Å². The molecule has 1 saturated heterocycles. The number of carbonyl (C=O) groups is 2. The molecule has 1 amide bonds. The number of esters is 1. The first-order valence-corrected chi connectivity index (χ1v) is 8.21. The number of amides is 1. The maximum absolute atomic E-state index is 12.0. The van der Waals surface area contributed by atoms with Crippen LogP contribution in [0.1, 0.15) is 48.0 Å². The third kappa shape index (κ3) is 5.45. The molecule has 1 aliphatic rings. The molecule has 1 fully saturated rings. The van der Waals surface area contributed by atoms with Crippen molar-refractivity contribution in [2.24, 2.45) is 0 Å². The van der Waals surface area contributed by atoms with Crippen LogP contribution in [-0.4, -0.2) is 48.6 Å². The summed E-state index contributed by atoms with van der Waals surface area (Å²) in [6.45, 7) is 9.60. The zero-order valence-corrected chi connectivity index (χ0v) is 14.5. The summed E-state index contributed by atoms with van der Waals surface area (Å²) in [4.78, 5) is 23.9. The highest BCUT2D eigenvalue weighted by Crippen LogP contribution is 2.25. The second-order valence-corrected chi connectivity index (χ2v) is 8.45. The van der Waals surface area contributed by atoms with E-state index in [1.165, 1.54) is 0 Å². The van der Waals surface area contributed by atoms with Crippen LogP contribution in [0.4, 0.5) is 4.79 Å². The van der Waals surface area contributed by atoms with Crippen LogP contribution in [0.25, 0.3) is 0 Å². The minimum atomic E-state index is -4.25. The largest absolute Gasteiger partial charge is 0.460 e. The molecular weight excluding hydrogens is 314 g/mol. The summed E-state index contributed by atoms with van der Waals surface area (Å²) < 4.78 is 38.9. The maximum atomic E-state index is 12.0. The monoisotopic (exact) mass is 337 g/mol. The molecule has 0 N–H and O–H groups in total. The Kier molecular flexibility index (Phi) is 5.13. The standard InChI is InChI=1S/C13H23NO7S/c1-12(2,3)20-10(15)7-9-8-19-22(17,18)14(9)11(16)21-13(4,5)6/h9H,7-8H2,1-6H3/t9-/m0/s1. The van der Waals surface area contributed by atoms with Gasteiger partial charge in [0.1, 0.15) is 11.2 Å². The summed E-state index contributed by atoms with van der Waals surface area (Å²) in [5.74, 6) is -0.619. The lowest BCUT2D eigenvalue weighted by Crippen LogP contribution is -2.44. The van der Waals surface area contributed by atoms with E-state index >= 15 is 0 Å². The van der Waals surface area contributed by atoms with E-state index in [2.05, 4.69) is 4.18 Å². The van der Waals surface area contributed by atoms with Crippen LogP contribution in [-0.2, 0) is 28.8 Å². The predicted octanol–water partition coefficient (Wildman–Crippen LogP) is 1.60. The molecule has 9 heteroatoms. The highest BCUT2D eigenvalue weighted by molar-refractivity contribution is 7.85. The van der Waals surface area contributed by atoms with Gasteiger partial charge in [-0.05, 0) is 41.5 Å². The van der Waals surface area contributed by atoms with Gasteiger partial charge in [0.15, 0.2) is 0 Å². The number of rotatable bonds is 2. The zero-order valence-electron chi connectivity index (χ0n) is 13.7. The Morgan fingerprint density at radius 2 is 1.59 bits per heavy atom. The Bertz CT molecular complexity index is 542. The molecule has 0 aromatic rings. The van der Waals surface area contributed by atoms with Gasteiger partial charge in [-0.2, -0.15) is 12.7 Å². The minimum absolute atomic E-state index is 0.296. The Morgan fingerprint density at radius 1 is 1.09 bits per heavy atom. The second-order valence-electron chi connectivity index (χ2n) is 6.96. The number of carbonyl (C=O) groups excluding carboxylic acids is 2. The average molecular weight is 337 g/mol. The second kappa shape index (κ2) is 6.04. The van der Waals surface area contributed by atoms with Crippen molar-refractivity contribution >= 4 is 22.4 Å². The Hall–Kier alpha value is -1.35. The molecule has 1 aliphatic heterocycles. The Labute approximate surface area is 131 Å². The minimum Gasteiger partial charge on any atom is -0.460 e. The van der Waals surface area contributed by atoms with Gasteiger partial charge in [-0.1, -0.05) is 0 Å². The SMILES string of the molecule is CC(C)(C)OC(=O)C[C@H]1COS(=O)(=O)N1C(=O)OC(C)(C)C. The zero-order chi connectivity index (χ0) is 17.3. The fourth-order valence-corrected chi connectivity index (χ4v) is 2.90. The predicted molar refractivity (Wildman–Crippen MR) is 77.2 cm³/mol. The van der Waals surface area contributed by atoms with Gasteiger partial charge in [-0.25, -0.2) is 4.79 Å². The molecule has 0 aromatic carbocycles. The van der Waals surface area contributed by atoms with Crippen molar-refractivity contribution in [1.82, 2.24) is 4.31 Å². The molecule has 8 nitrogen and oxygen atoms in total. The topological polar surface area (TPSA) is 99.2 Å². The summed E-state index contributed by atoms with van der Waals surface area (Å²) in [6.07, 6.45) is -1.37. The van der Waals surface area contributed by atoms with Crippen molar-refractivity contribution in [3.05, 3.63) is 0 Å². The fourth-order valence-electron chi connectivity index (χ4n) is 1.74. The van der Waals surface area contributed by atoms with Crippen molar-refractivity contribution in [3.63, 3.8) is 0 Å². The number of nitrogens with zero attached hydrogens (tertiary/aromatic N) is 1. The normalized spacial score (nSPS) is 21.5. The third-order valence-electron chi connectivity index (χ3n) is 2.38. The Balaban J connectivity index is 2.86. The summed E-state index contributed by atoms with van der Waals surface area (Å²) in [7, 11) is -4.25. The van der Waals surface area contributed by atoms with Crippen molar-refractivity contribution < 1.29 is 31.7 Å². The molecule has 1 heterocycles. The van der Waals surface area contributed by atoms with Crippen LogP contribution in [0.15, 0.2) is 0 Å². The number of ether oxygens (including phenoxy) is 2. The van der Waals surface area contributed by atoms with Crippen molar-refractivity contribution in [1.29, 1.82) is 0 Å². The maximum Gasteiger partial charge on any atom is 0.426 e. The lowest BCUT2D eigenvalue weighted by molar-refractivity contribution is -0.155. The van der Waals surface area contributed by atoms with Crippen LogP contribution in [0.2, 0.25) is 0 Å². The van der Waals surface area contributed by atoms with Crippen molar-refractivity contribution in [2.75, 3.05) is 6.61 Å². The number of hydrogen-bond donors (Lipinski definition) is 0. The fraction of sp³-hybridized carbons (Fsp3) is 0.846. The summed E-state index contributed by atoms with van der Waals surface area (Å²) in [5.41, 5.74) is -1.57. The van der Waals surface area contributed by atoms with Crippen LogP contribution in [0.3, 0.4) is 0 Å². The number of hydrogen-bond acceptors (Lipinski definition) is 7. The molecule has 1 atom stereocenters. The van der Waals surface area contributed by atoms with E-state index in [1.807, 2.05) is 0 Å². The van der Waals surface area contributed by atoms with Gasteiger partial charge in [0.05, 0.1) is 19.1 Å². The van der Waals surface area contributed by atoms with Gasteiger partial charge >= 0.3 is 22.4 Å². The van der Waals surface area contributed by atoms with Crippen LogP contribution in [0.5, 0.6) is 0 Å². The molecule has 128 valence electrons. The lowest BCUT2D eigenvalue weighted by Gasteiger charge is -2.26. The molecule has 1 rings (SSSR count). The molecular formula is C13H23NO7S. The first-order chi connectivity index (χ1) is 9.71. The van der Waals surface area contributed by atoms with Crippen molar-refractivity contribution in [2.45, 2.75) is 65.2 Å². The first-order valence-electron chi connectivity index (χ1n) is 6.85. The highest BCUT2D eigenvalue weighted by atomic mass is 32.2. The average Bonchev–Trinajstić information content (AvgIpc) is 2.47. The van der Waals surface area contributed by atoms with E-state index in [9.17, 15) is 18.0 Å². The van der Waals surface area contributed by atoms with Gasteiger partial charge in [0.2, 0.25) is 0 Å². The van der Waals surface area contributed by atoms with E-state index in [-0.39, 0.29) is 13.0 Å². The van der Waals surface area contributed by atoms with E-state index < -0.39 is 39.6 Å². The first kappa shape index (κ1) is 18.7. The molecule has 0 unspecified atom stereocenters. The lowest BCUT2D eigenvalue weighted by atomic mass is 10.1. The van der Waals surface area contributed by atoms with Crippen LogP contribution >= 0.6 is 0 Å². The summed E-state index contributed by atoms with van der Waals surface area (Å²) >= 11 is 0. The van der Waals surface area contributed by atoms with Crippen LogP contribution < -0.4 is 0 Å². The molecule has 0 spiro atoms. The van der Waals surface area contributed by atoms with Gasteiger partial charge in [-0.15, -0.1) is 0 Å². The van der Waals surface area contributed by atoms with Crippen molar-refractivity contribution in [3.8, 4) is 0 Å². The van der Waals surface area contributed by atoms with E-state index in [1.54, 1.807) is 41.5 Å². The highest BCUT2D eigenvalue weighted by Gasteiger charge is 2.45. The summed E-state index contributed by atoms with van der Waals surface area (Å²) in [5, 5.41) is 0. The van der Waals surface area contributed by atoms with Gasteiger partial charge in [0.25, 0.3) is 0 Å². The van der Waals surface area contributed by atoms with E-state index in [4.69, 9.17) is 9.47 Å². The molecule has 0 bridgehead atoms. The Morgan fingerprint density at radius 3 is 2.05 bits per heavy atom. The van der Waals surface area contributed by atoms with Gasteiger partial charge in [-0.3, -0.25) is 8.98 Å². The van der Waals surface area contributed by atoms with E-state index in [0.717, 1.165) is 0 Å². The smallest absolute Gasteiger partial charge is 0.426 e. The quantitative estimate of drug-likeness (QED) is 0.706. The van der Waals surface area contributed by atoms with Crippen LogP contribution in [0, 0.1) is 0 Å². The summed E-state index contributed by atoms with van der Waals surface area (Å²) in [6, 6.07) is -0.977. The molecule has 0 aliphatic carbocycles. The van der Waals surface area contributed by atoms with Gasteiger partial charge in [0, 0.05) is 0 Å². The third-order valence-corrected chi connectivity index (χ3v) is 3.74. The van der Waals surface area contributed by atoms with E-state index in [0.29, 0.717) is 4.31 Å². The molecule has 0 radical (unpaired) electrons. The molecule has 0 saturated carbocycles. The molecule has 22 heavy (non-hydrogen) atoms. The molecule has 0 aromatic heterocycles.